The highest BCUT2D eigenvalue weighted by Gasteiger charge is 2.32. The van der Waals surface area contributed by atoms with Crippen LogP contribution < -0.4 is 9.47 Å². The fourth-order valence-corrected chi connectivity index (χ4v) is 3.36. The van der Waals surface area contributed by atoms with E-state index in [4.69, 9.17) is 9.47 Å². The number of fused-ring (bicyclic) bond motifs is 1. The molecule has 6 heteroatoms. The van der Waals surface area contributed by atoms with Crippen LogP contribution in [0.4, 0.5) is 0 Å². The van der Waals surface area contributed by atoms with Crippen LogP contribution in [-0.4, -0.2) is 42.3 Å². The van der Waals surface area contributed by atoms with Gasteiger partial charge in [-0.1, -0.05) is 18.2 Å². The summed E-state index contributed by atoms with van der Waals surface area (Å²) in [6, 6.07) is 5.65. The summed E-state index contributed by atoms with van der Waals surface area (Å²) in [6.07, 6.45) is 5.24. The van der Waals surface area contributed by atoms with E-state index in [2.05, 4.69) is 18.2 Å². The summed E-state index contributed by atoms with van der Waals surface area (Å²) in [7, 11) is 0. The van der Waals surface area contributed by atoms with E-state index in [-0.39, 0.29) is 5.91 Å². The van der Waals surface area contributed by atoms with Crippen LogP contribution in [0.1, 0.15) is 5.56 Å². The van der Waals surface area contributed by atoms with Crippen molar-refractivity contribution in [3.63, 3.8) is 0 Å². The van der Waals surface area contributed by atoms with Gasteiger partial charge in [-0.15, -0.1) is 13.2 Å². The van der Waals surface area contributed by atoms with Crippen molar-refractivity contribution in [2.24, 2.45) is 4.99 Å². The molecule has 2 aliphatic heterocycles. The van der Waals surface area contributed by atoms with Gasteiger partial charge >= 0.3 is 0 Å². The second-order valence-corrected chi connectivity index (χ2v) is 6.14. The molecule has 2 aliphatic rings. The summed E-state index contributed by atoms with van der Waals surface area (Å²) in [5, 5.41) is 0.670. The number of carbonyl (C=O) groups is 1. The lowest BCUT2D eigenvalue weighted by atomic mass is 10.1. The third-order valence-electron chi connectivity index (χ3n) is 3.42. The van der Waals surface area contributed by atoms with Crippen LogP contribution in [0.2, 0.25) is 0 Å². The second kappa shape index (κ2) is 7.40. The number of ether oxygens (including phenoxy) is 2. The average molecular weight is 342 g/mol. The molecule has 1 fully saturated rings. The van der Waals surface area contributed by atoms with Gasteiger partial charge < -0.3 is 9.47 Å². The number of rotatable bonds is 5. The minimum atomic E-state index is -0.0717. The number of hydrogen-bond acceptors (Lipinski definition) is 5. The summed E-state index contributed by atoms with van der Waals surface area (Å²) in [4.78, 5) is 19.2. The molecule has 5 nitrogen and oxygen atoms in total. The minimum Gasteiger partial charge on any atom is -0.486 e. The fraction of sp³-hybridized carbons (Fsp3) is 0.222. The van der Waals surface area contributed by atoms with Crippen LogP contribution in [-0.2, 0) is 4.79 Å². The average Bonchev–Trinajstić information content (AvgIpc) is 2.89. The van der Waals surface area contributed by atoms with E-state index in [0.29, 0.717) is 42.1 Å². The van der Waals surface area contributed by atoms with E-state index in [9.17, 15) is 4.79 Å². The molecule has 0 aliphatic carbocycles. The molecule has 0 saturated carbocycles. The maximum atomic E-state index is 12.6. The van der Waals surface area contributed by atoms with Crippen molar-refractivity contribution in [2.75, 3.05) is 26.3 Å². The minimum absolute atomic E-state index is 0.0717. The Bertz CT molecular complexity index is 740. The van der Waals surface area contributed by atoms with Gasteiger partial charge in [0.05, 0.1) is 11.4 Å². The first-order valence-electron chi connectivity index (χ1n) is 7.60. The number of amides is 1. The lowest BCUT2D eigenvalue weighted by Gasteiger charge is -2.18. The molecule has 1 saturated heterocycles. The van der Waals surface area contributed by atoms with Crippen molar-refractivity contribution >= 4 is 28.9 Å². The first-order valence-corrected chi connectivity index (χ1v) is 8.42. The number of aliphatic imine (C=N–C) groups is 1. The lowest BCUT2D eigenvalue weighted by molar-refractivity contribution is -0.121. The molecule has 0 bridgehead atoms. The number of benzene rings is 1. The third-order valence-corrected chi connectivity index (χ3v) is 4.46. The Balaban J connectivity index is 1.88. The Morgan fingerprint density at radius 2 is 2.00 bits per heavy atom. The summed E-state index contributed by atoms with van der Waals surface area (Å²) >= 11 is 1.36. The molecule has 1 amide bonds. The Kier molecular flexibility index (Phi) is 5.05. The molecule has 2 heterocycles. The van der Waals surface area contributed by atoms with Gasteiger partial charge in [-0.25, -0.2) is 0 Å². The first kappa shape index (κ1) is 16.4. The molecule has 124 valence electrons. The van der Waals surface area contributed by atoms with Crippen molar-refractivity contribution in [3.8, 4) is 11.5 Å². The van der Waals surface area contributed by atoms with Gasteiger partial charge in [0.25, 0.3) is 5.91 Å². The van der Waals surface area contributed by atoms with Crippen LogP contribution in [0, 0.1) is 0 Å². The van der Waals surface area contributed by atoms with Crippen LogP contribution in [0.5, 0.6) is 11.5 Å². The van der Waals surface area contributed by atoms with Crippen molar-refractivity contribution in [1.29, 1.82) is 0 Å². The zero-order valence-corrected chi connectivity index (χ0v) is 14.1. The van der Waals surface area contributed by atoms with E-state index in [1.165, 1.54) is 11.8 Å². The van der Waals surface area contributed by atoms with Gasteiger partial charge in [0, 0.05) is 6.54 Å². The molecule has 0 unspecified atom stereocenters. The molecule has 0 aromatic heterocycles. The van der Waals surface area contributed by atoms with Gasteiger partial charge in [0.15, 0.2) is 16.7 Å². The van der Waals surface area contributed by atoms with Gasteiger partial charge in [-0.2, -0.15) is 0 Å². The van der Waals surface area contributed by atoms with Crippen molar-refractivity contribution in [1.82, 2.24) is 4.90 Å². The standard InChI is InChI=1S/C18H18N2O3S/c1-3-7-19-18-20(8-4-2)17(21)16(24-18)12-13-5-6-14-15(11-13)23-10-9-22-14/h3-6,11-12H,1-2,7-10H2/b16-12-,19-18-. The van der Waals surface area contributed by atoms with E-state index in [1.54, 1.807) is 17.1 Å². The quantitative estimate of drug-likeness (QED) is 0.609. The maximum absolute atomic E-state index is 12.6. The largest absolute Gasteiger partial charge is 0.486 e. The second-order valence-electron chi connectivity index (χ2n) is 5.13. The fourth-order valence-electron chi connectivity index (χ4n) is 2.36. The van der Waals surface area contributed by atoms with Crippen LogP contribution in [0.15, 0.2) is 53.4 Å². The Hall–Kier alpha value is -2.47. The van der Waals surface area contributed by atoms with Crippen molar-refractivity contribution in [3.05, 3.63) is 54.0 Å². The van der Waals surface area contributed by atoms with Gasteiger partial charge in [0.1, 0.15) is 13.2 Å². The molecule has 1 aromatic carbocycles. The number of carbonyl (C=O) groups excluding carboxylic acids is 1. The normalized spacial score (nSPS) is 19.8. The zero-order valence-electron chi connectivity index (χ0n) is 13.2. The third kappa shape index (κ3) is 3.38. The number of hydrogen-bond donors (Lipinski definition) is 0. The van der Waals surface area contributed by atoms with Crippen LogP contribution >= 0.6 is 11.8 Å². The number of thioether (sulfide) groups is 1. The van der Waals surface area contributed by atoms with Crippen LogP contribution in [0.3, 0.4) is 0 Å². The summed E-state index contributed by atoms with van der Waals surface area (Å²) in [6.45, 7) is 9.36. The highest BCUT2D eigenvalue weighted by atomic mass is 32.2. The first-order chi connectivity index (χ1) is 11.7. The molecular weight excluding hydrogens is 324 g/mol. The molecule has 0 spiro atoms. The predicted molar refractivity (Wildman–Crippen MR) is 97.4 cm³/mol. The van der Waals surface area contributed by atoms with Crippen molar-refractivity contribution < 1.29 is 14.3 Å². The van der Waals surface area contributed by atoms with Gasteiger partial charge in [-0.05, 0) is 35.5 Å². The van der Waals surface area contributed by atoms with Gasteiger partial charge in [-0.3, -0.25) is 14.7 Å². The molecule has 3 rings (SSSR count). The Morgan fingerprint density at radius 3 is 2.75 bits per heavy atom. The van der Waals surface area contributed by atoms with Crippen LogP contribution in [0.25, 0.3) is 6.08 Å². The van der Waals surface area contributed by atoms with E-state index in [1.807, 2.05) is 24.3 Å². The molecule has 1 aromatic rings. The monoisotopic (exact) mass is 342 g/mol. The van der Waals surface area contributed by atoms with E-state index < -0.39 is 0 Å². The lowest BCUT2D eigenvalue weighted by Crippen LogP contribution is -2.29. The molecule has 0 atom stereocenters. The number of nitrogens with zero attached hydrogens (tertiary/aromatic N) is 2. The maximum Gasteiger partial charge on any atom is 0.267 e. The predicted octanol–water partition coefficient (Wildman–Crippen LogP) is 3.10. The molecule has 0 N–H and O–H groups in total. The SMILES string of the molecule is C=CC/N=C1\S/C(=C\c2ccc3c(c2)OCCO3)C(=O)N1CC=C. The number of amidine groups is 1. The molecule has 0 radical (unpaired) electrons. The summed E-state index contributed by atoms with van der Waals surface area (Å²) < 4.78 is 11.1. The highest BCUT2D eigenvalue weighted by Crippen LogP contribution is 2.35. The summed E-state index contributed by atoms with van der Waals surface area (Å²) in [5.74, 6) is 1.36. The zero-order chi connectivity index (χ0) is 16.9. The van der Waals surface area contributed by atoms with Crippen molar-refractivity contribution in [2.45, 2.75) is 0 Å². The molecule has 24 heavy (non-hydrogen) atoms. The van der Waals surface area contributed by atoms with E-state index in [0.717, 1.165) is 11.3 Å². The Morgan fingerprint density at radius 1 is 1.21 bits per heavy atom. The van der Waals surface area contributed by atoms with Gasteiger partial charge in [0.2, 0.25) is 0 Å². The molecular formula is C18H18N2O3S. The Labute approximate surface area is 145 Å². The summed E-state index contributed by atoms with van der Waals surface area (Å²) in [5.41, 5.74) is 0.888. The smallest absolute Gasteiger partial charge is 0.267 e. The van der Waals surface area contributed by atoms with E-state index >= 15 is 0 Å². The highest BCUT2D eigenvalue weighted by molar-refractivity contribution is 8.18. The topological polar surface area (TPSA) is 51.1 Å².